The lowest BCUT2D eigenvalue weighted by Crippen LogP contribution is -2.49. The van der Waals surface area contributed by atoms with Crippen LogP contribution in [0.15, 0.2) is 24.3 Å². The molecule has 0 amide bonds. The van der Waals surface area contributed by atoms with Crippen molar-refractivity contribution in [2.24, 2.45) is 23.2 Å². The standard InChI is InChI=1S/C24H30F3N4OP/c1-33(2,32)18-5-3-17(4-6-18)20-19(24(25,26)27)21(31-22(28)30-20)29-13-23-10-14-7-15(11-23)9-16(8-14)12-23/h3-6,14-16H,7-13H2,1-2H3,(H3,28,29,30,31). The van der Waals surface area contributed by atoms with E-state index in [9.17, 15) is 17.7 Å². The van der Waals surface area contributed by atoms with Gasteiger partial charge in [0.25, 0.3) is 0 Å². The zero-order valence-corrected chi connectivity index (χ0v) is 19.8. The van der Waals surface area contributed by atoms with E-state index < -0.39 is 18.9 Å². The molecule has 4 bridgehead atoms. The summed E-state index contributed by atoms with van der Waals surface area (Å²) in [6.45, 7) is 3.72. The fourth-order valence-electron chi connectivity index (χ4n) is 6.84. The molecule has 0 aliphatic heterocycles. The van der Waals surface area contributed by atoms with Crippen LogP contribution in [0.25, 0.3) is 11.3 Å². The Morgan fingerprint density at radius 2 is 1.58 bits per heavy atom. The molecular formula is C24H30F3N4OP. The molecule has 4 aliphatic carbocycles. The second kappa shape index (κ2) is 7.72. The lowest BCUT2D eigenvalue weighted by molar-refractivity contribution is -0.136. The molecule has 0 unspecified atom stereocenters. The zero-order valence-electron chi connectivity index (χ0n) is 19.0. The normalized spacial score (nSPS) is 28.8. The Labute approximate surface area is 192 Å². The molecule has 4 fully saturated rings. The fraction of sp³-hybridized carbons (Fsp3) is 0.583. The summed E-state index contributed by atoms with van der Waals surface area (Å²) >= 11 is 0. The van der Waals surface area contributed by atoms with Gasteiger partial charge in [0, 0.05) is 17.4 Å². The van der Waals surface area contributed by atoms with Gasteiger partial charge >= 0.3 is 6.18 Å². The quantitative estimate of drug-likeness (QED) is 0.545. The van der Waals surface area contributed by atoms with Crippen molar-refractivity contribution >= 4 is 24.2 Å². The highest BCUT2D eigenvalue weighted by Gasteiger charge is 2.51. The summed E-state index contributed by atoms with van der Waals surface area (Å²) in [4.78, 5) is 7.97. The van der Waals surface area contributed by atoms with Crippen LogP contribution in [-0.2, 0) is 10.7 Å². The topological polar surface area (TPSA) is 80.9 Å². The monoisotopic (exact) mass is 478 g/mol. The molecule has 178 valence electrons. The van der Waals surface area contributed by atoms with Gasteiger partial charge in [-0.2, -0.15) is 18.2 Å². The highest BCUT2D eigenvalue weighted by molar-refractivity contribution is 7.70. The Balaban J connectivity index is 1.49. The highest BCUT2D eigenvalue weighted by Crippen LogP contribution is 2.60. The molecule has 1 aromatic heterocycles. The number of anilines is 2. The van der Waals surface area contributed by atoms with E-state index in [0.717, 1.165) is 19.3 Å². The average molecular weight is 478 g/mol. The molecule has 2 aromatic rings. The van der Waals surface area contributed by atoms with Crippen molar-refractivity contribution in [2.75, 3.05) is 30.9 Å². The summed E-state index contributed by atoms with van der Waals surface area (Å²) in [5.74, 6) is 1.67. The van der Waals surface area contributed by atoms with Crippen LogP contribution in [0.3, 0.4) is 0 Å². The van der Waals surface area contributed by atoms with E-state index in [0.29, 0.717) is 29.6 Å². The van der Waals surface area contributed by atoms with E-state index in [2.05, 4.69) is 15.3 Å². The minimum Gasteiger partial charge on any atom is -0.369 e. The van der Waals surface area contributed by atoms with E-state index in [1.165, 1.54) is 31.4 Å². The molecule has 3 N–H and O–H groups in total. The SMILES string of the molecule is CP(C)(=O)c1ccc(-c2nc(N)nc(NCC34CC5CC(CC(C5)C3)C4)c2C(F)(F)F)cc1. The van der Waals surface area contributed by atoms with Crippen molar-refractivity contribution in [1.29, 1.82) is 0 Å². The van der Waals surface area contributed by atoms with Crippen LogP contribution in [0.1, 0.15) is 44.1 Å². The van der Waals surface area contributed by atoms with Crippen molar-refractivity contribution in [3.63, 3.8) is 0 Å². The molecule has 0 atom stereocenters. The largest absolute Gasteiger partial charge is 0.422 e. The molecular weight excluding hydrogens is 448 g/mol. The molecule has 0 radical (unpaired) electrons. The summed E-state index contributed by atoms with van der Waals surface area (Å²) < 4.78 is 55.1. The number of rotatable bonds is 5. The number of benzene rings is 1. The molecule has 9 heteroatoms. The van der Waals surface area contributed by atoms with Gasteiger partial charge in [0.15, 0.2) is 0 Å². The Morgan fingerprint density at radius 3 is 2.06 bits per heavy atom. The molecule has 33 heavy (non-hydrogen) atoms. The van der Waals surface area contributed by atoms with Crippen molar-refractivity contribution in [1.82, 2.24) is 9.97 Å². The molecule has 4 aliphatic rings. The van der Waals surface area contributed by atoms with E-state index >= 15 is 0 Å². The zero-order chi connectivity index (χ0) is 23.6. The second-order valence-corrected chi connectivity index (χ2v) is 14.0. The van der Waals surface area contributed by atoms with E-state index in [1.54, 1.807) is 25.5 Å². The third-order valence-corrected chi connectivity index (χ3v) is 9.31. The van der Waals surface area contributed by atoms with Crippen molar-refractivity contribution in [3.8, 4) is 11.3 Å². The van der Waals surface area contributed by atoms with Crippen LogP contribution in [0.2, 0.25) is 0 Å². The van der Waals surface area contributed by atoms with Gasteiger partial charge in [-0.1, -0.05) is 24.3 Å². The van der Waals surface area contributed by atoms with Crippen LogP contribution in [-0.4, -0.2) is 29.8 Å². The molecule has 1 heterocycles. The smallest absolute Gasteiger partial charge is 0.369 e. The number of alkyl halides is 3. The number of aromatic nitrogens is 2. The third-order valence-electron chi connectivity index (χ3n) is 7.77. The Bertz CT molecular complexity index is 1070. The van der Waals surface area contributed by atoms with Crippen molar-refractivity contribution < 1.29 is 17.7 Å². The molecule has 6 rings (SSSR count). The first kappa shape index (κ1) is 22.7. The van der Waals surface area contributed by atoms with E-state index in [-0.39, 0.29) is 28.4 Å². The summed E-state index contributed by atoms with van der Waals surface area (Å²) in [5.41, 5.74) is 5.03. The number of nitrogens with zero attached hydrogens (tertiary/aromatic N) is 2. The number of hydrogen-bond donors (Lipinski definition) is 2. The minimum atomic E-state index is -4.66. The molecule has 0 saturated heterocycles. The number of nitrogens with one attached hydrogen (secondary N) is 1. The fourth-order valence-corrected chi connectivity index (χ4v) is 7.71. The van der Waals surface area contributed by atoms with Gasteiger partial charge in [-0.3, -0.25) is 0 Å². The number of hydrogen-bond acceptors (Lipinski definition) is 5. The van der Waals surface area contributed by atoms with Gasteiger partial charge in [0.05, 0.1) is 5.69 Å². The van der Waals surface area contributed by atoms with Gasteiger partial charge in [-0.05, 0) is 75.0 Å². The predicted molar refractivity (Wildman–Crippen MR) is 125 cm³/mol. The maximum absolute atomic E-state index is 14.3. The van der Waals surface area contributed by atoms with Crippen LogP contribution in [0.4, 0.5) is 24.9 Å². The third kappa shape index (κ3) is 4.39. The van der Waals surface area contributed by atoms with Gasteiger partial charge in [0.1, 0.15) is 18.5 Å². The molecule has 5 nitrogen and oxygen atoms in total. The highest BCUT2D eigenvalue weighted by atomic mass is 31.2. The van der Waals surface area contributed by atoms with E-state index in [4.69, 9.17) is 5.73 Å². The second-order valence-electron chi connectivity index (χ2n) is 10.8. The van der Waals surface area contributed by atoms with Gasteiger partial charge in [-0.15, -0.1) is 0 Å². The Hall–Kier alpha value is -2.08. The van der Waals surface area contributed by atoms with Gasteiger partial charge in [-0.25, -0.2) is 4.98 Å². The maximum Gasteiger partial charge on any atom is 0.422 e. The minimum absolute atomic E-state index is 0.0442. The maximum atomic E-state index is 14.3. The first-order valence-electron chi connectivity index (χ1n) is 11.6. The summed E-state index contributed by atoms with van der Waals surface area (Å²) in [5, 5.41) is 3.67. The number of halogens is 3. The first-order valence-corrected chi connectivity index (χ1v) is 14.2. The molecule has 0 spiro atoms. The van der Waals surface area contributed by atoms with Crippen LogP contribution >= 0.6 is 7.14 Å². The van der Waals surface area contributed by atoms with Crippen molar-refractivity contribution in [2.45, 2.75) is 44.7 Å². The summed E-state index contributed by atoms with van der Waals surface area (Å²) in [6, 6.07) is 6.23. The summed E-state index contributed by atoms with van der Waals surface area (Å²) in [7, 11) is -2.52. The molecule has 4 saturated carbocycles. The van der Waals surface area contributed by atoms with Gasteiger partial charge in [0.2, 0.25) is 5.95 Å². The molecule has 1 aromatic carbocycles. The average Bonchev–Trinajstić information content (AvgIpc) is 2.69. The number of nitrogens with two attached hydrogens (primary N) is 1. The van der Waals surface area contributed by atoms with Crippen LogP contribution in [0.5, 0.6) is 0 Å². The Morgan fingerprint density at radius 1 is 1.03 bits per heavy atom. The lowest BCUT2D eigenvalue weighted by atomic mass is 9.49. The van der Waals surface area contributed by atoms with Crippen LogP contribution in [0, 0.1) is 23.2 Å². The van der Waals surface area contributed by atoms with Crippen molar-refractivity contribution in [3.05, 3.63) is 29.8 Å². The van der Waals surface area contributed by atoms with Crippen LogP contribution < -0.4 is 16.4 Å². The first-order chi connectivity index (χ1) is 15.4. The van der Waals surface area contributed by atoms with E-state index in [1.807, 2.05) is 0 Å². The Kier molecular flexibility index (Phi) is 5.31. The number of nitrogen functional groups attached to an aromatic ring is 1. The van der Waals surface area contributed by atoms with Gasteiger partial charge < -0.3 is 15.6 Å². The predicted octanol–water partition coefficient (Wildman–Crippen LogP) is 5.62. The lowest BCUT2D eigenvalue weighted by Gasteiger charge is -2.57. The summed E-state index contributed by atoms with van der Waals surface area (Å²) in [6.07, 6.45) is 2.40.